The molecular weight excluding hydrogens is 232 g/mol. The molecule has 0 aromatic heterocycles. The molecule has 0 saturated carbocycles. The first-order valence-electron chi connectivity index (χ1n) is 5.96. The number of hydrogen-bond donors (Lipinski definition) is 3. The maximum Gasteiger partial charge on any atom is 0.254 e. The van der Waals surface area contributed by atoms with E-state index in [1.165, 1.54) is 11.0 Å². The Morgan fingerprint density at radius 3 is 2.72 bits per heavy atom. The third kappa shape index (κ3) is 2.32. The molecule has 1 amide bonds. The van der Waals surface area contributed by atoms with Crippen LogP contribution in [0.25, 0.3) is 0 Å². The molecule has 1 aliphatic rings. The quantitative estimate of drug-likeness (QED) is 0.696. The minimum Gasteiger partial charge on any atom is -0.508 e. The smallest absolute Gasteiger partial charge is 0.254 e. The van der Waals surface area contributed by atoms with Crippen molar-refractivity contribution >= 4 is 5.91 Å². The topological polar surface area (TPSA) is 72.8 Å². The van der Waals surface area contributed by atoms with Gasteiger partial charge in [-0.05, 0) is 24.6 Å². The van der Waals surface area contributed by atoms with Gasteiger partial charge in [-0.2, -0.15) is 0 Å². The summed E-state index contributed by atoms with van der Waals surface area (Å²) in [5.41, 5.74) is 1.16. The summed E-state index contributed by atoms with van der Waals surface area (Å²) in [5, 5.41) is 22.4. The zero-order valence-corrected chi connectivity index (χ0v) is 10.6. The molecule has 0 unspecified atom stereocenters. The summed E-state index contributed by atoms with van der Waals surface area (Å²) in [4.78, 5) is 13.7. The minimum atomic E-state index is -0.544. The fourth-order valence-electron chi connectivity index (χ4n) is 2.14. The van der Waals surface area contributed by atoms with Crippen molar-refractivity contribution in [3.63, 3.8) is 0 Å². The van der Waals surface area contributed by atoms with Crippen molar-refractivity contribution in [1.82, 2.24) is 10.2 Å². The first-order valence-corrected chi connectivity index (χ1v) is 5.96. The van der Waals surface area contributed by atoms with Gasteiger partial charge in [0.25, 0.3) is 5.91 Å². The summed E-state index contributed by atoms with van der Waals surface area (Å²) in [6.45, 7) is 2.86. The number of aryl methyl sites for hydroxylation is 1. The van der Waals surface area contributed by atoms with Crippen molar-refractivity contribution < 1.29 is 15.0 Å². The largest absolute Gasteiger partial charge is 0.508 e. The number of aliphatic hydroxyl groups excluding tert-OH is 1. The van der Waals surface area contributed by atoms with Crippen molar-refractivity contribution in [2.24, 2.45) is 0 Å². The van der Waals surface area contributed by atoms with Crippen molar-refractivity contribution in [2.75, 3.05) is 20.1 Å². The predicted molar refractivity (Wildman–Crippen MR) is 67.6 cm³/mol. The highest BCUT2D eigenvalue weighted by molar-refractivity contribution is 5.94. The van der Waals surface area contributed by atoms with Gasteiger partial charge in [0.2, 0.25) is 0 Å². The maximum atomic E-state index is 12.2. The Hall–Kier alpha value is -1.59. The van der Waals surface area contributed by atoms with Crippen LogP contribution < -0.4 is 5.32 Å². The van der Waals surface area contributed by atoms with Gasteiger partial charge in [-0.15, -0.1) is 0 Å². The molecular formula is C13H18N2O3. The van der Waals surface area contributed by atoms with E-state index in [-0.39, 0.29) is 17.7 Å². The first-order chi connectivity index (χ1) is 8.50. The molecule has 18 heavy (non-hydrogen) atoms. The van der Waals surface area contributed by atoms with Crippen LogP contribution in [0, 0.1) is 6.92 Å². The molecule has 1 aliphatic heterocycles. The molecule has 98 valence electrons. The van der Waals surface area contributed by atoms with E-state index in [4.69, 9.17) is 0 Å². The number of amides is 1. The molecule has 1 aromatic carbocycles. The molecule has 3 N–H and O–H groups in total. The highest BCUT2D eigenvalue weighted by atomic mass is 16.3. The number of likely N-dealkylation sites (N-methyl/N-ethyl adjacent to an activating group) is 1. The van der Waals surface area contributed by atoms with Gasteiger partial charge >= 0.3 is 0 Å². The summed E-state index contributed by atoms with van der Waals surface area (Å²) >= 11 is 0. The van der Waals surface area contributed by atoms with E-state index < -0.39 is 6.10 Å². The summed E-state index contributed by atoms with van der Waals surface area (Å²) in [6, 6.07) is 4.63. The number of aromatic hydroxyl groups is 1. The summed E-state index contributed by atoms with van der Waals surface area (Å²) < 4.78 is 0. The third-order valence-corrected chi connectivity index (χ3v) is 3.43. The van der Waals surface area contributed by atoms with Gasteiger partial charge in [-0.25, -0.2) is 0 Å². The zero-order chi connectivity index (χ0) is 13.3. The van der Waals surface area contributed by atoms with Crippen LogP contribution in [0.15, 0.2) is 18.2 Å². The normalized spacial score (nSPS) is 23.1. The van der Waals surface area contributed by atoms with Crippen LogP contribution in [-0.4, -0.2) is 53.3 Å². The number of rotatable bonds is 2. The third-order valence-electron chi connectivity index (χ3n) is 3.43. The highest BCUT2D eigenvalue weighted by Gasteiger charge is 2.31. The maximum absolute atomic E-state index is 12.2. The van der Waals surface area contributed by atoms with Gasteiger partial charge in [0, 0.05) is 25.7 Å². The van der Waals surface area contributed by atoms with Crippen LogP contribution in [0.3, 0.4) is 0 Å². The van der Waals surface area contributed by atoms with E-state index >= 15 is 0 Å². The molecule has 1 aromatic rings. The molecule has 0 radical (unpaired) electrons. The van der Waals surface area contributed by atoms with Gasteiger partial charge in [0.1, 0.15) is 5.75 Å². The zero-order valence-electron chi connectivity index (χ0n) is 10.6. The molecule has 5 heteroatoms. The van der Waals surface area contributed by atoms with E-state index in [0.717, 1.165) is 5.56 Å². The molecule has 5 nitrogen and oxygen atoms in total. The van der Waals surface area contributed by atoms with Crippen LogP contribution in [0.1, 0.15) is 15.9 Å². The molecule has 2 atom stereocenters. The number of aliphatic hydroxyl groups is 1. The van der Waals surface area contributed by atoms with Crippen molar-refractivity contribution in [2.45, 2.75) is 19.1 Å². The number of phenolic OH excluding ortho intramolecular Hbond substituents is 1. The number of carbonyl (C=O) groups is 1. The molecule has 0 aliphatic carbocycles. The fraction of sp³-hybridized carbons (Fsp3) is 0.462. The monoisotopic (exact) mass is 250 g/mol. The summed E-state index contributed by atoms with van der Waals surface area (Å²) in [7, 11) is 1.67. The highest BCUT2D eigenvalue weighted by Crippen LogP contribution is 2.19. The Bertz CT molecular complexity index is 462. The lowest BCUT2D eigenvalue weighted by atomic mass is 10.1. The molecule has 1 heterocycles. The number of nitrogens with zero attached hydrogens (tertiary/aromatic N) is 1. The number of phenols is 1. The van der Waals surface area contributed by atoms with E-state index in [1.807, 2.05) is 0 Å². The Morgan fingerprint density at radius 2 is 2.17 bits per heavy atom. The molecule has 0 bridgehead atoms. The fourth-order valence-corrected chi connectivity index (χ4v) is 2.14. The van der Waals surface area contributed by atoms with Crippen molar-refractivity contribution in [3.05, 3.63) is 29.3 Å². The number of carbonyl (C=O) groups excluding carboxylic acids is 1. The molecule has 1 fully saturated rings. The summed E-state index contributed by atoms with van der Waals surface area (Å²) in [5.74, 6) is -0.0857. The van der Waals surface area contributed by atoms with Gasteiger partial charge in [0.15, 0.2) is 0 Å². The van der Waals surface area contributed by atoms with Crippen LogP contribution in [0.4, 0.5) is 0 Å². The Balaban J connectivity index is 2.17. The van der Waals surface area contributed by atoms with Crippen LogP contribution in [0.5, 0.6) is 5.75 Å². The van der Waals surface area contributed by atoms with Crippen LogP contribution >= 0.6 is 0 Å². The second-order valence-corrected chi connectivity index (χ2v) is 4.71. The van der Waals surface area contributed by atoms with Crippen LogP contribution in [0.2, 0.25) is 0 Å². The second kappa shape index (κ2) is 4.96. The predicted octanol–water partition coefficient (Wildman–Crippen LogP) is 0.105. The summed E-state index contributed by atoms with van der Waals surface area (Å²) in [6.07, 6.45) is -0.544. The van der Waals surface area contributed by atoms with Gasteiger partial charge in [0.05, 0.1) is 12.1 Å². The SMILES string of the molecule is Cc1ccc(C(=O)N(C)[C@@H]2CNC[C@H]2O)cc1O. The molecule has 1 saturated heterocycles. The number of hydrogen-bond acceptors (Lipinski definition) is 4. The van der Waals surface area contributed by atoms with Gasteiger partial charge in [-0.3, -0.25) is 4.79 Å². The van der Waals surface area contributed by atoms with Gasteiger partial charge in [-0.1, -0.05) is 6.07 Å². The Kier molecular flexibility index (Phi) is 3.54. The lowest BCUT2D eigenvalue weighted by Crippen LogP contribution is -2.44. The first kappa shape index (κ1) is 12.9. The number of β-amino-alcohol motifs (C(OH)–C–C–N with tert-alkyl or cyclic N) is 1. The lowest BCUT2D eigenvalue weighted by Gasteiger charge is -2.26. The van der Waals surface area contributed by atoms with E-state index in [9.17, 15) is 15.0 Å². The lowest BCUT2D eigenvalue weighted by molar-refractivity contribution is 0.0581. The van der Waals surface area contributed by atoms with Gasteiger partial charge < -0.3 is 20.4 Å². The standard InChI is InChI=1S/C13H18N2O3/c1-8-3-4-9(5-11(8)16)13(18)15(2)10-6-14-7-12(10)17/h3-5,10,12,14,16-17H,6-7H2,1-2H3/t10-,12-/m1/s1. The Labute approximate surface area is 106 Å². The number of nitrogens with one attached hydrogen (secondary N) is 1. The van der Waals surface area contributed by atoms with Crippen LogP contribution in [-0.2, 0) is 0 Å². The molecule has 0 spiro atoms. The average molecular weight is 250 g/mol. The average Bonchev–Trinajstić information content (AvgIpc) is 2.77. The van der Waals surface area contributed by atoms with Crippen molar-refractivity contribution in [1.29, 1.82) is 0 Å². The molecule has 2 rings (SSSR count). The van der Waals surface area contributed by atoms with Crippen molar-refractivity contribution in [3.8, 4) is 5.75 Å². The number of benzene rings is 1. The van der Waals surface area contributed by atoms with E-state index in [0.29, 0.717) is 18.7 Å². The Morgan fingerprint density at radius 1 is 1.44 bits per heavy atom. The van der Waals surface area contributed by atoms with E-state index in [1.54, 1.807) is 26.1 Å². The van der Waals surface area contributed by atoms with E-state index in [2.05, 4.69) is 5.32 Å². The second-order valence-electron chi connectivity index (χ2n) is 4.71. The minimum absolute atomic E-state index is 0.111.